The second-order valence-corrected chi connectivity index (χ2v) is 2.83. The number of hydrazine groups is 1. The van der Waals surface area contributed by atoms with E-state index in [2.05, 4.69) is 5.43 Å². The molecule has 11 heavy (non-hydrogen) atoms. The number of thioether (sulfide) groups is 1. The van der Waals surface area contributed by atoms with Crippen LogP contribution in [0, 0.1) is 0 Å². The first-order valence-corrected chi connectivity index (χ1v) is 4.38. The highest BCUT2D eigenvalue weighted by Crippen LogP contribution is 2.22. The van der Waals surface area contributed by atoms with Crippen LogP contribution in [0.15, 0.2) is 22.9 Å². The Labute approximate surface area is 71.1 Å². The van der Waals surface area contributed by atoms with E-state index < -0.39 is 0 Å². The molecule has 0 aliphatic carbocycles. The molecular weight excluding hydrogens is 160 g/mol. The maximum atomic E-state index is 5.31. The van der Waals surface area contributed by atoms with Crippen LogP contribution in [0.2, 0.25) is 0 Å². The summed E-state index contributed by atoms with van der Waals surface area (Å²) < 4.78 is 5.31. The van der Waals surface area contributed by atoms with Crippen LogP contribution in [-0.4, -0.2) is 18.7 Å². The van der Waals surface area contributed by atoms with Crippen LogP contribution in [0.1, 0.15) is 6.92 Å². The monoisotopic (exact) mass is 172 g/mol. The summed E-state index contributed by atoms with van der Waals surface area (Å²) in [5, 5.41) is 4.74. The van der Waals surface area contributed by atoms with E-state index in [4.69, 9.17) is 4.74 Å². The van der Waals surface area contributed by atoms with Gasteiger partial charge in [-0.1, -0.05) is 11.8 Å². The second-order valence-electron chi connectivity index (χ2n) is 1.92. The Balaban J connectivity index is 2.47. The van der Waals surface area contributed by atoms with Gasteiger partial charge in [-0.25, -0.2) is 5.43 Å². The van der Waals surface area contributed by atoms with Crippen LogP contribution >= 0.6 is 11.8 Å². The lowest BCUT2D eigenvalue weighted by Crippen LogP contribution is -2.25. The highest BCUT2D eigenvalue weighted by molar-refractivity contribution is 8.05. The number of hydrogen-bond acceptors (Lipinski definition) is 4. The van der Waals surface area contributed by atoms with Crippen molar-refractivity contribution >= 4 is 11.8 Å². The molecule has 1 aliphatic heterocycles. The van der Waals surface area contributed by atoms with Crippen LogP contribution in [0.4, 0.5) is 0 Å². The molecule has 4 heteroatoms. The van der Waals surface area contributed by atoms with Gasteiger partial charge in [0, 0.05) is 13.2 Å². The van der Waals surface area contributed by atoms with Crippen LogP contribution in [0.5, 0.6) is 0 Å². The first-order valence-electron chi connectivity index (χ1n) is 3.50. The van der Waals surface area contributed by atoms with Gasteiger partial charge in [-0.2, -0.15) is 0 Å². The quantitative estimate of drug-likeness (QED) is 0.697. The second kappa shape index (κ2) is 4.31. The molecule has 0 fully saturated rings. The summed E-state index contributed by atoms with van der Waals surface area (Å²) in [7, 11) is 1.86. The van der Waals surface area contributed by atoms with E-state index in [0.717, 1.165) is 5.09 Å². The van der Waals surface area contributed by atoms with Crippen molar-refractivity contribution < 1.29 is 4.74 Å². The Morgan fingerprint density at radius 2 is 2.55 bits per heavy atom. The van der Waals surface area contributed by atoms with Gasteiger partial charge in [0.05, 0.1) is 12.8 Å². The van der Waals surface area contributed by atoms with Crippen molar-refractivity contribution in [1.82, 2.24) is 10.4 Å². The molecule has 62 valence electrons. The molecule has 1 rings (SSSR count). The predicted octanol–water partition coefficient (Wildman–Crippen LogP) is 1.48. The molecule has 1 aliphatic rings. The topological polar surface area (TPSA) is 24.5 Å². The molecule has 0 saturated carbocycles. The summed E-state index contributed by atoms with van der Waals surface area (Å²) in [6.45, 7) is 2.69. The summed E-state index contributed by atoms with van der Waals surface area (Å²) in [5.41, 5.74) is 2.97. The van der Waals surface area contributed by atoms with Crippen LogP contribution in [0.25, 0.3) is 0 Å². The number of nitrogens with one attached hydrogen (secondary N) is 1. The average molecular weight is 172 g/mol. The van der Waals surface area contributed by atoms with Gasteiger partial charge < -0.3 is 4.74 Å². The van der Waals surface area contributed by atoms with Crippen molar-refractivity contribution in [2.75, 3.05) is 13.7 Å². The number of nitrogens with zero attached hydrogens (tertiary/aromatic N) is 1. The Hall–Kier alpha value is -0.610. The number of rotatable bonds is 3. The normalized spacial score (nSPS) is 16.5. The zero-order valence-electron chi connectivity index (χ0n) is 6.70. The maximum absolute atomic E-state index is 5.31. The van der Waals surface area contributed by atoms with Gasteiger partial charge in [0.1, 0.15) is 0 Å². The lowest BCUT2D eigenvalue weighted by atomic mass is 10.8. The fourth-order valence-electron chi connectivity index (χ4n) is 0.703. The van der Waals surface area contributed by atoms with E-state index in [1.165, 1.54) is 0 Å². The minimum Gasteiger partial charge on any atom is -0.486 e. The molecule has 0 spiro atoms. The third-order valence-electron chi connectivity index (χ3n) is 1.19. The Morgan fingerprint density at radius 3 is 3.18 bits per heavy atom. The highest BCUT2D eigenvalue weighted by atomic mass is 32.2. The van der Waals surface area contributed by atoms with E-state index in [1.807, 2.05) is 36.8 Å². The standard InChI is InChI=1S/C7H12N2OS/c1-3-10-7-6-9(8-2)4-5-11-7/h4-6,8H,3H2,1-2H3. The summed E-state index contributed by atoms with van der Waals surface area (Å²) in [4.78, 5) is 0. The lowest BCUT2D eigenvalue weighted by Gasteiger charge is -2.18. The third-order valence-corrected chi connectivity index (χ3v) is 1.91. The summed E-state index contributed by atoms with van der Waals surface area (Å²) in [6.07, 6.45) is 3.85. The van der Waals surface area contributed by atoms with Crippen molar-refractivity contribution in [3.63, 3.8) is 0 Å². The molecular formula is C7H12N2OS. The number of ether oxygens (including phenoxy) is 1. The highest BCUT2D eigenvalue weighted by Gasteiger charge is 2.03. The minimum absolute atomic E-state index is 0.713. The molecule has 0 unspecified atom stereocenters. The lowest BCUT2D eigenvalue weighted by molar-refractivity contribution is 0.245. The zero-order valence-corrected chi connectivity index (χ0v) is 7.52. The van der Waals surface area contributed by atoms with Gasteiger partial charge in [0.25, 0.3) is 0 Å². The summed E-state index contributed by atoms with van der Waals surface area (Å²) >= 11 is 1.58. The Bertz CT molecular complexity index is 179. The SMILES string of the molecule is CCOC1=CN(NC)C=CS1. The first-order chi connectivity index (χ1) is 5.36. The molecule has 1 heterocycles. The van der Waals surface area contributed by atoms with Crippen molar-refractivity contribution in [2.45, 2.75) is 6.92 Å². The van der Waals surface area contributed by atoms with Crippen LogP contribution in [-0.2, 0) is 4.74 Å². The van der Waals surface area contributed by atoms with Crippen molar-refractivity contribution in [3.05, 3.63) is 22.9 Å². The van der Waals surface area contributed by atoms with Crippen molar-refractivity contribution in [2.24, 2.45) is 0 Å². The molecule has 0 bridgehead atoms. The van der Waals surface area contributed by atoms with Gasteiger partial charge in [-0.15, -0.1) is 0 Å². The van der Waals surface area contributed by atoms with Gasteiger partial charge in [-0.3, -0.25) is 5.01 Å². The fourth-order valence-corrected chi connectivity index (χ4v) is 1.39. The fraction of sp³-hybridized carbons (Fsp3) is 0.429. The first kappa shape index (κ1) is 8.49. The van der Waals surface area contributed by atoms with E-state index in [1.54, 1.807) is 11.8 Å². The molecule has 3 nitrogen and oxygen atoms in total. The predicted molar refractivity (Wildman–Crippen MR) is 47.3 cm³/mol. The molecule has 1 N–H and O–H groups in total. The smallest absolute Gasteiger partial charge is 0.175 e. The maximum Gasteiger partial charge on any atom is 0.175 e. The summed E-state index contributed by atoms with van der Waals surface area (Å²) in [6, 6.07) is 0. The molecule has 0 aromatic rings. The van der Waals surface area contributed by atoms with Crippen LogP contribution in [0.3, 0.4) is 0 Å². The van der Waals surface area contributed by atoms with Crippen LogP contribution < -0.4 is 5.43 Å². The summed E-state index contributed by atoms with van der Waals surface area (Å²) in [5.74, 6) is 0. The molecule has 0 atom stereocenters. The van der Waals surface area contributed by atoms with E-state index in [0.29, 0.717) is 6.61 Å². The van der Waals surface area contributed by atoms with E-state index in [9.17, 15) is 0 Å². The largest absolute Gasteiger partial charge is 0.486 e. The average Bonchev–Trinajstić information content (AvgIpc) is 2.06. The Kier molecular flexibility index (Phi) is 3.32. The third kappa shape index (κ3) is 2.48. The molecule has 0 aromatic heterocycles. The van der Waals surface area contributed by atoms with Gasteiger partial charge in [-0.05, 0) is 12.3 Å². The Morgan fingerprint density at radius 1 is 1.73 bits per heavy atom. The van der Waals surface area contributed by atoms with Gasteiger partial charge in [0.15, 0.2) is 5.09 Å². The van der Waals surface area contributed by atoms with E-state index >= 15 is 0 Å². The molecule has 0 radical (unpaired) electrons. The minimum atomic E-state index is 0.713. The zero-order chi connectivity index (χ0) is 8.10. The van der Waals surface area contributed by atoms with Gasteiger partial charge in [0.2, 0.25) is 0 Å². The van der Waals surface area contributed by atoms with Crippen molar-refractivity contribution in [1.29, 1.82) is 0 Å². The molecule has 0 saturated heterocycles. The number of hydrogen-bond donors (Lipinski definition) is 1. The van der Waals surface area contributed by atoms with E-state index in [-0.39, 0.29) is 0 Å². The molecule has 0 amide bonds. The van der Waals surface area contributed by atoms with Gasteiger partial charge >= 0.3 is 0 Å². The van der Waals surface area contributed by atoms with Crippen molar-refractivity contribution in [3.8, 4) is 0 Å². The molecule has 0 aromatic carbocycles.